The van der Waals surface area contributed by atoms with Crippen LogP contribution in [0.3, 0.4) is 0 Å². The summed E-state index contributed by atoms with van der Waals surface area (Å²) >= 11 is 0. The molecule has 0 saturated carbocycles. The molecule has 168 valence electrons. The lowest BCUT2D eigenvalue weighted by molar-refractivity contribution is -0.182. The molecule has 0 aromatic carbocycles. The first kappa shape index (κ1) is 21.5. The number of aryl methyl sites for hydroxylation is 2. The number of aromatic nitrogens is 7. The largest absolute Gasteiger partial charge is 0.411 e. The van der Waals surface area contributed by atoms with Gasteiger partial charge in [-0.05, 0) is 19.9 Å². The number of hydrogen-bond donors (Lipinski definition) is 1. The van der Waals surface area contributed by atoms with Crippen molar-refractivity contribution in [3.05, 3.63) is 48.3 Å². The number of hydrogen-bond acceptors (Lipinski definition) is 6. The van der Waals surface area contributed by atoms with E-state index in [0.717, 1.165) is 28.2 Å². The maximum atomic E-state index is 12.8. The van der Waals surface area contributed by atoms with E-state index in [2.05, 4.69) is 30.3 Å². The lowest BCUT2D eigenvalue weighted by atomic mass is 10.2. The van der Waals surface area contributed by atoms with Gasteiger partial charge in [-0.3, -0.25) is 9.48 Å². The molecule has 0 radical (unpaired) electrons. The maximum absolute atomic E-state index is 12.8. The SMILES string of the molecule is CCn1cc(-c2ccnc3c(C(=O)Nc4cnn(COCC(F)(F)F)c4)cnn23)c(C)n1. The molecule has 32 heavy (non-hydrogen) atoms. The Bertz CT molecular complexity index is 1260. The molecule has 0 aliphatic rings. The number of carbonyl (C=O) groups is 1. The van der Waals surface area contributed by atoms with Crippen LogP contribution in [0.15, 0.2) is 37.1 Å². The van der Waals surface area contributed by atoms with E-state index < -0.39 is 25.4 Å². The lowest BCUT2D eigenvalue weighted by Gasteiger charge is -2.07. The van der Waals surface area contributed by atoms with E-state index in [1.807, 2.05) is 24.7 Å². The highest BCUT2D eigenvalue weighted by Crippen LogP contribution is 2.24. The van der Waals surface area contributed by atoms with E-state index in [4.69, 9.17) is 0 Å². The zero-order valence-electron chi connectivity index (χ0n) is 17.2. The smallest absolute Gasteiger partial charge is 0.350 e. The third-order valence-electron chi connectivity index (χ3n) is 4.57. The second-order valence-electron chi connectivity index (χ2n) is 6.92. The lowest BCUT2D eigenvalue weighted by Crippen LogP contribution is -2.18. The van der Waals surface area contributed by atoms with Crippen molar-refractivity contribution in [2.24, 2.45) is 0 Å². The van der Waals surface area contributed by atoms with Crippen molar-refractivity contribution in [2.75, 3.05) is 11.9 Å². The standard InChI is InChI=1S/C19H19F3N8O2/c1-3-28-9-15(12(2)27-28)16-4-5-23-17-14(7-25-30(16)17)18(31)26-13-6-24-29(8-13)11-32-10-19(20,21)22/h4-9H,3,10-11H2,1-2H3,(H,26,31). The molecule has 4 aromatic heterocycles. The van der Waals surface area contributed by atoms with Crippen LogP contribution in [0.2, 0.25) is 0 Å². The van der Waals surface area contributed by atoms with Crippen LogP contribution in [-0.2, 0) is 18.0 Å². The zero-order chi connectivity index (χ0) is 22.9. The Morgan fingerprint density at radius 1 is 1.19 bits per heavy atom. The Morgan fingerprint density at radius 2 is 2.00 bits per heavy atom. The Labute approximate surface area is 179 Å². The summed E-state index contributed by atoms with van der Waals surface area (Å²) in [5.74, 6) is -0.485. The number of fused-ring (bicyclic) bond motifs is 1. The molecule has 4 heterocycles. The van der Waals surface area contributed by atoms with Gasteiger partial charge < -0.3 is 10.1 Å². The molecule has 4 rings (SSSR count). The quantitative estimate of drug-likeness (QED) is 0.466. The van der Waals surface area contributed by atoms with Crippen LogP contribution in [0.1, 0.15) is 23.0 Å². The van der Waals surface area contributed by atoms with Crippen molar-refractivity contribution < 1.29 is 22.7 Å². The van der Waals surface area contributed by atoms with Gasteiger partial charge in [-0.2, -0.15) is 28.5 Å². The molecule has 0 unspecified atom stereocenters. The summed E-state index contributed by atoms with van der Waals surface area (Å²) < 4.78 is 45.6. The molecule has 1 amide bonds. The van der Waals surface area contributed by atoms with Gasteiger partial charge in [0.2, 0.25) is 0 Å². The molecule has 0 saturated heterocycles. The Balaban J connectivity index is 1.52. The van der Waals surface area contributed by atoms with Crippen molar-refractivity contribution in [2.45, 2.75) is 33.3 Å². The molecule has 0 atom stereocenters. The van der Waals surface area contributed by atoms with E-state index in [1.165, 1.54) is 18.6 Å². The van der Waals surface area contributed by atoms with Crippen LogP contribution in [0, 0.1) is 6.92 Å². The minimum atomic E-state index is -4.42. The molecule has 1 N–H and O–H groups in total. The molecular weight excluding hydrogens is 429 g/mol. The number of nitrogens with zero attached hydrogens (tertiary/aromatic N) is 7. The zero-order valence-corrected chi connectivity index (χ0v) is 17.2. The van der Waals surface area contributed by atoms with E-state index in [0.29, 0.717) is 11.3 Å². The van der Waals surface area contributed by atoms with Gasteiger partial charge in [0.1, 0.15) is 18.9 Å². The van der Waals surface area contributed by atoms with E-state index in [1.54, 1.807) is 16.8 Å². The Morgan fingerprint density at radius 3 is 2.72 bits per heavy atom. The Kier molecular flexibility index (Phi) is 5.65. The normalized spacial score (nSPS) is 11.9. The van der Waals surface area contributed by atoms with Crippen LogP contribution in [0.5, 0.6) is 0 Å². The summed E-state index contributed by atoms with van der Waals surface area (Å²) in [5, 5.41) is 15.3. The first-order chi connectivity index (χ1) is 15.2. The van der Waals surface area contributed by atoms with Crippen molar-refractivity contribution in [3.63, 3.8) is 0 Å². The van der Waals surface area contributed by atoms with Gasteiger partial charge in [0, 0.05) is 24.5 Å². The summed E-state index contributed by atoms with van der Waals surface area (Å²) in [5.41, 5.74) is 3.30. The third-order valence-corrected chi connectivity index (χ3v) is 4.57. The van der Waals surface area contributed by atoms with Gasteiger partial charge >= 0.3 is 6.18 Å². The predicted octanol–water partition coefficient (Wildman–Crippen LogP) is 2.91. The fourth-order valence-corrected chi connectivity index (χ4v) is 3.14. The van der Waals surface area contributed by atoms with Crippen molar-refractivity contribution in [1.82, 2.24) is 34.2 Å². The summed E-state index contributed by atoms with van der Waals surface area (Å²) in [4.78, 5) is 17.1. The van der Waals surface area contributed by atoms with Crippen LogP contribution in [-0.4, -0.2) is 52.8 Å². The average molecular weight is 448 g/mol. The number of anilines is 1. The topological polar surface area (TPSA) is 104 Å². The van der Waals surface area contributed by atoms with Crippen molar-refractivity contribution in [1.29, 1.82) is 0 Å². The number of nitrogens with one attached hydrogen (secondary N) is 1. The van der Waals surface area contributed by atoms with Crippen LogP contribution in [0.25, 0.3) is 16.9 Å². The molecule has 0 spiro atoms. The van der Waals surface area contributed by atoms with Crippen LogP contribution >= 0.6 is 0 Å². The first-order valence-electron chi connectivity index (χ1n) is 9.60. The number of halogens is 3. The van der Waals surface area contributed by atoms with Gasteiger partial charge in [0.25, 0.3) is 5.91 Å². The van der Waals surface area contributed by atoms with Gasteiger partial charge in [0.05, 0.1) is 35.7 Å². The molecule has 13 heteroatoms. The van der Waals surface area contributed by atoms with Gasteiger partial charge in [-0.15, -0.1) is 0 Å². The van der Waals surface area contributed by atoms with Crippen molar-refractivity contribution >= 4 is 17.2 Å². The summed E-state index contributed by atoms with van der Waals surface area (Å²) in [6.07, 6.45) is 3.14. The molecule has 0 fully saturated rings. The number of ether oxygens (including phenoxy) is 1. The molecule has 0 aliphatic carbocycles. The van der Waals surface area contributed by atoms with Crippen LogP contribution < -0.4 is 5.32 Å². The van der Waals surface area contributed by atoms with Crippen LogP contribution in [0.4, 0.5) is 18.9 Å². The van der Waals surface area contributed by atoms with Crippen molar-refractivity contribution in [3.8, 4) is 11.3 Å². The van der Waals surface area contributed by atoms with Gasteiger partial charge in [-0.1, -0.05) is 0 Å². The highest BCUT2D eigenvalue weighted by atomic mass is 19.4. The summed E-state index contributed by atoms with van der Waals surface area (Å²) in [6.45, 7) is 2.81. The fraction of sp³-hybridized carbons (Fsp3) is 0.316. The van der Waals surface area contributed by atoms with Gasteiger partial charge in [0.15, 0.2) is 5.65 Å². The minimum absolute atomic E-state index is 0.230. The monoisotopic (exact) mass is 448 g/mol. The van der Waals surface area contributed by atoms with E-state index in [-0.39, 0.29) is 5.56 Å². The molecule has 4 aromatic rings. The highest BCUT2D eigenvalue weighted by Gasteiger charge is 2.27. The second-order valence-corrected chi connectivity index (χ2v) is 6.92. The maximum Gasteiger partial charge on any atom is 0.411 e. The second kappa shape index (κ2) is 8.42. The Hall–Kier alpha value is -3.74. The summed E-state index contributed by atoms with van der Waals surface area (Å²) in [7, 11) is 0. The van der Waals surface area contributed by atoms with Gasteiger partial charge in [-0.25, -0.2) is 14.2 Å². The minimum Gasteiger partial charge on any atom is -0.350 e. The molecular formula is C19H19F3N8O2. The fourth-order valence-electron chi connectivity index (χ4n) is 3.14. The summed E-state index contributed by atoms with van der Waals surface area (Å²) in [6, 6.07) is 1.79. The number of carbonyl (C=O) groups excluding carboxylic acids is 1. The highest BCUT2D eigenvalue weighted by molar-refractivity contribution is 6.08. The number of rotatable bonds is 7. The number of amides is 1. The number of alkyl halides is 3. The third kappa shape index (κ3) is 4.46. The van der Waals surface area contributed by atoms with E-state index >= 15 is 0 Å². The van der Waals surface area contributed by atoms with E-state index in [9.17, 15) is 18.0 Å². The predicted molar refractivity (Wildman–Crippen MR) is 107 cm³/mol. The molecule has 0 bridgehead atoms. The first-order valence-corrected chi connectivity index (χ1v) is 9.60. The molecule has 0 aliphatic heterocycles. The average Bonchev–Trinajstić information content (AvgIpc) is 3.45. The molecule has 10 nitrogen and oxygen atoms in total.